The number of aliphatic imine (C=N–C) groups is 1. The fourth-order valence-electron chi connectivity index (χ4n) is 2.86. The van der Waals surface area contributed by atoms with Crippen molar-refractivity contribution < 1.29 is 0 Å². The number of hydrazine groups is 1. The molecule has 24 heavy (non-hydrogen) atoms. The Bertz CT molecular complexity index is 572. The van der Waals surface area contributed by atoms with Gasteiger partial charge in [0.2, 0.25) is 0 Å². The number of nitrogens with zero attached hydrogens (tertiary/aromatic N) is 4. The van der Waals surface area contributed by atoms with E-state index in [1.165, 1.54) is 0 Å². The van der Waals surface area contributed by atoms with E-state index in [0.29, 0.717) is 22.1 Å². The number of benzene rings is 1. The van der Waals surface area contributed by atoms with Gasteiger partial charge >= 0.3 is 0 Å². The van der Waals surface area contributed by atoms with E-state index < -0.39 is 0 Å². The van der Waals surface area contributed by atoms with E-state index >= 15 is 0 Å². The van der Waals surface area contributed by atoms with Crippen molar-refractivity contribution in [2.24, 2.45) is 4.99 Å². The van der Waals surface area contributed by atoms with Crippen LogP contribution in [0.25, 0.3) is 0 Å². The number of anilines is 1. The van der Waals surface area contributed by atoms with E-state index in [9.17, 15) is 0 Å². The van der Waals surface area contributed by atoms with Gasteiger partial charge in [-0.2, -0.15) is 0 Å². The third-order valence-electron chi connectivity index (χ3n) is 4.02. The van der Waals surface area contributed by atoms with Crippen LogP contribution in [-0.4, -0.2) is 53.2 Å². The van der Waals surface area contributed by atoms with Gasteiger partial charge in [-0.25, -0.2) is 4.99 Å². The molecule has 0 amide bonds. The highest BCUT2D eigenvalue weighted by Crippen LogP contribution is 2.33. The molecule has 1 aliphatic rings. The predicted octanol–water partition coefficient (Wildman–Crippen LogP) is 4.82. The van der Waals surface area contributed by atoms with Crippen molar-refractivity contribution in [3.63, 3.8) is 0 Å². The van der Waals surface area contributed by atoms with Gasteiger partial charge in [-0.05, 0) is 45.9 Å². The van der Waals surface area contributed by atoms with E-state index in [0.717, 1.165) is 18.0 Å². The zero-order valence-electron chi connectivity index (χ0n) is 14.9. The highest BCUT2D eigenvalue weighted by molar-refractivity contribution is 8.00. The molecule has 1 atom stereocenters. The van der Waals surface area contributed by atoms with Crippen LogP contribution in [0.2, 0.25) is 10.0 Å². The van der Waals surface area contributed by atoms with Gasteiger partial charge in [0.05, 0.1) is 15.7 Å². The number of rotatable bonds is 7. The van der Waals surface area contributed by atoms with Crippen LogP contribution >= 0.6 is 35.0 Å². The van der Waals surface area contributed by atoms with Crippen LogP contribution in [0.3, 0.4) is 0 Å². The summed E-state index contributed by atoms with van der Waals surface area (Å²) >= 11 is 14.0. The molecule has 1 unspecified atom stereocenters. The lowest BCUT2D eigenvalue weighted by molar-refractivity contribution is 0.187. The van der Waals surface area contributed by atoms with Gasteiger partial charge in [-0.1, -0.05) is 23.2 Å². The third kappa shape index (κ3) is 4.72. The molecule has 1 heterocycles. The molecular formula is C17H26Cl2N4S. The maximum Gasteiger partial charge on any atom is 0.188 e. The average molecular weight is 389 g/mol. The van der Waals surface area contributed by atoms with Crippen molar-refractivity contribution in [2.75, 3.05) is 24.4 Å². The lowest BCUT2D eigenvalue weighted by atomic mass is 10.2. The predicted molar refractivity (Wildman–Crippen MR) is 108 cm³/mol. The van der Waals surface area contributed by atoms with Gasteiger partial charge in [0, 0.05) is 31.4 Å². The molecule has 1 aromatic carbocycles. The van der Waals surface area contributed by atoms with E-state index in [4.69, 9.17) is 23.2 Å². The summed E-state index contributed by atoms with van der Waals surface area (Å²) in [7, 11) is 1.99. The van der Waals surface area contributed by atoms with Gasteiger partial charge < -0.3 is 0 Å². The summed E-state index contributed by atoms with van der Waals surface area (Å²) in [5, 5.41) is 5.24. The van der Waals surface area contributed by atoms with Crippen LogP contribution in [-0.2, 0) is 0 Å². The molecule has 1 aromatic rings. The average Bonchev–Trinajstić information content (AvgIpc) is 2.86. The van der Waals surface area contributed by atoms with Gasteiger partial charge in [0.25, 0.3) is 0 Å². The molecule has 0 saturated heterocycles. The van der Waals surface area contributed by atoms with E-state index in [1.807, 2.05) is 48.4 Å². The zero-order chi connectivity index (χ0) is 17.9. The van der Waals surface area contributed by atoms with Crippen molar-refractivity contribution in [3.05, 3.63) is 28.2 Å². The number of hydrogen-bond acceptors (Lipinski definition) is 5. The van der Waals surface area contributed by atoms with Crippen molar-refractivity contribution >= 4 is 47.0 Å². The van der Waals surface area contributed by atoms with Gasteiger partial charge in [-0.3, -0.25) is 14.9 Å². The van der Waals surface area contributed by atoms with Crippen LogP contribution < -0.4 is 5.01 Å². The molecule has 1 aliphatic heterocycles. The number of thioether (sulfide) groups is 1. The first-order chi connectivity index (χ1) is 11.3. The monoisotopic (exact) mass is 388 g/mol. The van der Waals surface area contributed by atoms with E-state index in [-0.39, 0.29) is 5.50 Å². The minimum Gasteiger partial charge on any atom is -0.298 e. The Labute approximate surface area is 159 Å². The summed E-state index contributed by atoms with van der Waals surface area (Å²) in [6.07, 6.45) is 1.85. The third-order valence-corrected chi connectivity index (χ3v) is 5.80. The summed E-state index contributed by atoms with van der Waals surface area (Å²) in [6, 6.07) is 6.78. The Hall–Kier alpha value is -0.620. The lowest BCUT2D eigenvalue weighted by Crippen LogP contribution is -2.41. The lowest BCUT2D eigenvalue weighted by Gasteiger charge is -2.33. The molecular weight excluding hydrogens is 363 g/mol. The highest BCUT2D eigenvalue weighted by Gasteiger charge is 2.27. The van der Waals surface area contributed by atoms with Crippen molar-refractivity contribution in [2.45, 2.75) is 45.3 Å². The molecule has 0 bridgehead atoms. The van der Waals surface area contributed by atoms with Crippen LogP contribution in [0.4, 0.5) is 5.69 Å². The summed E-state index contributed by atoms with van der Waals surface area (Å²) < 4.78 is 0. The molecule has 0 N–H and O–H groups in total. The van der Waals surface area contributed by atoms with Crippen LogP contribution in [0.1, 0.15) is 27.7 Å². The second kappa shape index (κ2) is 8.65. The van der Waals surface area contributed by atoms with Crippen molar-refractivity contribution in [1.29, 1.82) is 0 Å². The zero-order valence-corrected chi connectivity index (χ0v) is 17.2. The normalized spacial score (nSPS) is 17.8. The quantitative estimate of drug-likeness (QED) is 0.666. The summed E-state index contributed by atoms with van der Waals surface area (Å²) in [4.78, 5) is 7.11. The maximum atomic E-state index is 6.17. The maximum absolute atomic E-state index is 6.17. The number of halogens is 2. The molecule has 7 heteroatoms. The van der Waals surface area contributed by atoms with Gasteiger partial charge in [0.1, 0.15) is 6.34 Å². The summed E-state index contributed by atoms with van der Waals surface area (Å²) in [5.41, 5.74) is 1.01. The molecule has 0 fully saturated rings. The fraction of sp³-hybridized carbons (Fsp3) is 0.588. The molecule has 2 rings (SSSR count). The van der Waals surface area contributed by atoms with E-state index in [1.54, 1.807) is 0 Å². The standard InChI is InChI=1S/C17H26Cl2N4S/c1-12(2)22(13(3)4)8-9-24-17-20-11-21(5)23(17)14-6-7-15(18)16(19)10-14/h6-7,10-13,17H,8-9H2,1-5H3. The summed E-state index contributed by atoms with van der Waals surface area (Å²) in [5.74, 6) is 1.02. The minimum absolute atomic E-state index is 0.0217. The molecule has 0 aromatic heterocycles. The Morgan fingerprint density at radius 1 is 1.17 bits per heavy atom. The molecule has 0 spiro atoms. The second-order valence-electron chi connectivity index (χ2n) is 6.40. The molecule has 0 radical (unpaired) electrons. The largest absolute Gasteiger partial charge is 0.298 e. The molecule has 134 valence electrons. The fourth-order valence-corrected chi connectivity index (χ4v) is 4.23. The topological polar surface area (TPSA) is 22.1 Å². The van der Waals surface area contributed by atoms with Crippen molar-refractivity contribution in [3.8, 4) is 0 Å². The van der Waals surface area contributed by atoms with Crippen molar-refractivity contribution in [1.82, 2.24) is 9.91 Å². The first kappa shape index (κ1) is 19.7. The smallest absolute Gasteiger partial charge is 0.188 e. The molecule has 4 nitrogen and oxygen atoms in total. The number of hydrogen-bond donors (Lipinski definition) is 0. The SMILES string of the molecule is CC(C)N(CCSC1N=CN(C)N1c1ccc(Cl)c(Cl)c1)C(C)C. The first-order valence-corrected chi connectivity index (χ1v) is 9.99. The minimum atomic E-state index is 0.0217. The van der Waals surface area contributed by atoms with Crippen LogP contribution in [0.5, 0.6) is 0 Å². The van der Waals surface area contributed by atoms with E-state index in [2.05, 4.69) is 42.6 Å². The first-order valence-electron chi connectivity index (χ1n) is 8.19. The van der Waals surface area contributed by atoms with Gasteiger partial charge in [-0.15, -0.1) is 11.8 Å². The molecule has 0 saturated carbocycles. The van der Waals surface area contributed by atoms with Crippen LogP contribution in [0, 0.1) is 0 Å². The molecule has 0 aliphatic carbocycles. The Morgan fingerprint density at radius 2 is 1.83 bits per heavy atom. The Kier molecular flexibility index (Phi) is 7.10. The van der Waals surface area contributed by atoms with Gasteiger partial charge in [0.15, 0.2) is 5.50 Å². The summed E-state index contributed by atoms with van der Waals surface area (Å²) in [6.45, 7) is 10.0. The Balaban J connectivity index is 2.01. The highest BCUT2D eigenvalue weighted by atomic mass is 35.5. The van der Waals surface area contributed by atoms with Crippen LogP contribution in [0.15, 0.2) is 23.2 Å². The second-order valence-corrected chi connectivity index (χ2v) is 8.38. The Morgan fingerprint density at radius 3 is 2.42 bits per heavy atom.